The first-order valence-electron chi connectivity index (χ1n) is 6.76. The smallest absolute Gasteiger partial charge is 0.226 e. The van der Waals surface area contributed by atoms with E-state index in [9.17, 15) is 0 Å². The molecule has 2 rings (SSSR count). The molecule has 0 radical (unpaired) electrons. The van der Waals surface area contributed by atoms with Crippen LogP contribution in [0.25, 0.3) is 0 Å². The number of rotatable bonds is 6. The maximum atomic E-state index is 5.58. The third-order valence-electron chi connectivity index (χ3n) is 2.53. The molecular weight excluding hydrogens is 256 g/mol. The lowest BCUT2D eigenvalue weighted by Gasteiger charge is -2.10. The molecule has 6 heteroatoms. The second-order valence-corrected chi connectivity index (χ2v) is 4.77. The summed E-state index contributed by atoms with van der Waals surface area (Å²) in [7, 11) is 0. The van der Waals surface area contributed by atoms with Crippen LogP contribution in [0.2, 0.25) is 0 Å². The van der Waals surface area contributed by atoms with Crippen molar-refractivity contribution in [2.75, 3.05) is 5.32 Å². The highest BCUT2D eigenvalue weighted by Crippen LogP contribution is 2.14. The Morgan fingerprint density at radius 2 is 2.15 bits per heavy atom. The summed E-state index contributed by atoms with van der Waals surface area (Å²) >= 11 is 0. The SMILES string of the molecule is CCc1cnc(CNc2nc(C)cc(OC(C)C)n2)o1. The van der Waals surface area contributed by atoms with Crippen molar-refractivity contribution < 1.29 is 9.15 Å². The van der Waals surface area contributed by atoms with Gasteiger partial charge in [-0.2, -0.15) is 4.98 Å². The Labute approximate surface area is 118 Å². The van der Waals surface area contributed by atoms with Crippen molar-refractivity contribution in [3.63, 3.8) is 0 Å². The average molecular weight is 276 g/mol. The number of aromatic nitrogens is 3. The molecule has 0 spiro atoms. The van der Waals surface area contributed by atoms with Gasteiger partial charge in [0.25, 0.3) is 0 Å². The second kappa shape index (κ2) is 6.36. The summed E-state index contributed by atoms with van der Waals surface area (Å²) in [6.45, 7) is 8.30. The summed E-state index contributed by atoms with van der Waals surface area (Å²) in [6, 6.07) is 1.81. The van der Waals surface area contributed by atoms with E-state index >= 15 is 0 Å². The zero-order valence-corrected chi connectivity index (χ0v) is 12.3. The van der Waals surface area contributed by atoms with Gasteiger partial charge in [0, 0.05) is 18.2 Å². The number of nitrogens with zero attached hydrogens (tertiary/aromatic N) is 3. The van der Waals surface area contributed by atoms with Crippen molar-refractivity contribution >= 4 is 5.95 Å². The molecule has 6 nitrogen and oxygen atoms in total. The summed E-state index contributed by atoms with van der Waals surface area (Å²) in [5.41, 5.74) is 0.847. The number of hydrogen-bond donors (Lipinski definition) is 1. The molecule has 108 valence electrons. The average Bonchev–Trinajstić information content (AvgIpc) is 2.83. The van der Waals surface area contributed by atoms with Crippen LogP contribution in [-0.4, -0.2) is 21.1 Å². The molecule has 0 amide bonds. The highest BCUT2D eigenvalue weighted by Gasteiger charge is 2.07. The molecular formula is C14H20N4O2. The third-order valence-corrected chi connectivity index (χ3v) is 2.53. The van der Waals surface area contributed by atoms with Gasteiger partial charge in [-0.25, -0.2) is 9.97 Å². The van der Waals surface area contributed by atoms with Crippen LogP contribution in [0, 0.1) is 6.92 Å². The lowest BCUT2D eigenvalue weighted by molar-refractivity contribution is 0.232. The van der Waals surface area contributed by atoms with Crippen molar-refractivity contribution in [3.8, 4) is 5.88 Å². The molecule has 0 saturated heterocycles. The van der Waals surface area contributed by atoms with Gasteiger partial charge in [-0.3, -0.25) is 0 Å². The van der Waals surface area contributed by atoms with Crippen LogP contribution in [0.1, 0.15) is 38.1 Å². The van der Waals surface area contributed by atoms with Crippen molar-refractivity contribution in [2.45, 2.75) is 46.8 Å². The number of oxazole rings is 1. The molecule has 2 aromatic heterocycles. The van der Waals surface area contributed by atoms with E-state index < -0.39 is 0 Å². The van der Waals surface area contributed by atoms with Crippen LogP contribution in [0.5, 0.6) is 5.88 Å². The Kier molecular flexibility index (Phi) is 4.55. The Balaban J connectivity index is 2.03. The zero-order valence-electron chi connectivity index (χ0n) is 12.3. The van der Waals surface area contributed by atoms with Gasteiger partial charge in [0.2, 0.25) is 17.7 Å². The van der Waals surface area contributed by atoms with E-state index in [1.807, 2.05) is 33.8 Å². The quantitative estimate of drug-likeness (QED) is 0.874. The number of aryl methyl sites for hydroxylation is 2. The molecule has 0 atom stereocenters. The molecule has 0 saturated carbocycles. The molecule has 2 heterocycles. The fourth-order valence-corrected chi connectivity index (χ4v) is 1.67. The van der Waals surface area contributed by atoms with Gasteiger partial charge in [0.15, 0.2) is 0 Å². The Morgan fingerprint density at radius 1 is 1.35 bits per heavy atom. The minimum atomic E-state index is 0.0796. The topological polar surface area (TPSA) is 73.1 Å². The van der Waals surface area contributed by atoms with Crippen LogP contribution >= 0.6 is 0 Å². The second-order valence-electron chi connectivity index (χ2n) is 4.77. The monoisotopic (exact) mass is 276 g/mol. The largest absolute Gasteiger partial charge is 0.475 e. The number of hydrogen-bond acceptors (Lipinski definition) is 6. The minimum Gasteiger partial charge on any atom is -0.475 e. The first-order chi connectivity index (χ1) is 9.56. The lowest BCUT2D eigenvalue weighted by atomic mass is 10.4. The van der Waals surface area contributed by atoms with Gasteiger partial charge >= 0.3 is 0 Å². The van der Waals surface area contributed by atoms with Gasteiger partial charge in [-0.1, -0.05) is 6.92 Å². The third kappa shape index (κ3) is 3.94. The Hall–Kier alpha value is -2.11. The summed E-state index contributed by atoms with van der Waals surface area (Å²) in [6.07, 6.45) is 2.65. The fraction of sp³-hybridized carbons (Fsp3) is 0.500. The van der Waals surface area contributed by atoms with E-state index in [4.69, 9.17) is 9.15 Å². The summed E-state index contributed by atoms with van der Waals surface area (Å²) in [5.74, 6) is 2.57. The number of nitrogens with one attached hydrogen (secondary N) is 1. The molecule has 2 aromatic rings. The van der Waals surface area contributed by atoms with Gasteiger partial charge < -0.3 is 14.5 Å². The van der Waals surface area contributed by atoms with Crippen molar-refractivity contribution in [3.05, 3.63) is 29.6 Å². The molecule has 0 aliphatic rings. The highest BCUT2D eigenvalue weighted by atomic mass is 16.5. The van der Waals surface area contributed by atoms with E-state index in [-0.39, 0.29) is 6.10 Å². The minimum absolute atomic E-state index is 0.0796. The first kappa shape index (κ1) is 14.3. The van der Waals surface area contributed by atoms with E-state index in [2.05, 4.69) is 20.3 Å². The zero-order chi connectivity index (χ0) is 14.5. The van der Waals surface area contributed by atoms with Crippen LogP contribution < -0.4 is 10.1 Å². The van der Waals surface area contributed by atoms with Crippen molar-refractivity contribution in [1.29, 1.82) is 0 Å². The van der Waals surface area contributed by atoms with E-state index in [0.717, 1.165) is 17.9 Å². The van der Waals surface area contributed by atoms with Gasteiger partial charge in [0.1, 0.15) is 5.76 Å². The van der Waals surface area contributed by atoms with E-state index in [1.54, 1.807) is 6.20 Å². The predicted molar refractivity (Wildman–Crippen MR) is 75.7 cm³/mol. The van der Waals surface area contributed by atoms with Gasteiger partial charge in [-0.05, 0) is 20.8 Å². The summed E-state index contributed by atoms with van der Waals surface area (Å²) in [4.78, 5) is 12.8. The predicted octanol–water partition coefficient (Wildman–Crippen LogP) is 2.73. The molecule has 0 aromatic carbocycles. The van der Waals surface area contributed by atoms with Crippen LogP contribution in [0.4, 0.5) is 5.95 Å². The molecule has 0 bridgehead atoms. The lowest BCUT2D eigenvalue weighted by Crippen LogP contribution is -2.10. The van der Waals surface area contributed by atoms with E-state index in [1.165, 1.54) is 0 Å². The van der Waals surface area contributed by atoms with Crippen LogP contribution in [-0.2, 0) is 13.0 Å². The summed E-state index contributed by atoms with van der Waals surface area (Å²) < 4.78 is 11.1. The van der Waals surface area contributed by atoms with E-state index in [0.29, 0.717) is 24.3 Å². The van der Waals surface area contributed by atoms with Gasteiger partial charge in [-0.15, -0.1) is 0 Å². The van der Waals surface area contributed by atoms with Crippen molar-refractivity contribution in [2.24, 2.45) is 0 Å². The Bertz CT molecular complexity index is 566. The van der Waals surface area contributed by atoms with Crippen molar-refractivity contribution in [1.82, 2.24) is 15.0 Å². The number of anilines is 1. The molecule has 0 unspecified atom stereocenters. The maximum Gasteiger partial charge on any atom is 0.226 e. The molecule has 1 N–H and O–H groups in total. The van der Waals surface area contributed by atoms with Crippen LogP contribution in [0.15, 0.2) is 16.7 Å². The standard InChI is InChI=1S/C14H20N4O2/c1-5-11-7-15-13(20-11)8-16-14-17-10(4)6-12(18-14)19-9(2)3/h6-7,9H,5,8H2,1-4H3,(H,16,17,18). The maximum absolute atomic E-state index is 5.58. The normalized spacial score (nSPS) is 10.8. The number of ether oxygens (including phenoxy) is 1. The fourth-order valence-electron chi connectivity index (χ4n) is 1.67. The molecule has 0 fully saturated rings. The molecule has 0 aliphatic heterocycles. The first-order valence-corrected chi connectivity index (χ1v) is 6.76. The molecule has 0 aliphatic carbocycles. The van der Waals surface area contributed by atoms with Gasteiger partial charge in [0.05, 0.1) is 18.8 Å². The van der Waals surface area contributed by atoms with Crippen LogP contribution in [0.3, 0.4) is 0 Å². The highest BCUT2D eigenvalue weighted by molar-refractivity contribution is 5.30. The Morgan fingerprint density at radius 3 is 2.80 bits per heavy atom. The summed E-state index contributed by atoms with van der Waals surface area (Å²) in [5, 5.41) is 3.09. The molecule has 20 heavy (non-hydrogen) atoms.